The highest BCUT2D eigenvalue weighted by atomic mass is 14.3. The zero-order valence-electron chi connectivity index (χ0n) is 59.8. The van der Waals surface area contributed by atoms with Gasteiger partial charge >= 0.3 is 0 Å². The van der Waals surface area contributed by atoms with Crippen molar-refractivity contribution in [3.63, 3.8) is 0 Å². The molecule has 21 aromatic carbocycles. The van der Waals surface area contributed by atoms with Crippen molar-refractivity contribution in [3.8, 4) is 66.8 Å². The summed E-state index contributed by atoms with van der Waals surface area (Å²) in [4.78, 5) is 0. The molecule has 0 heterocycles. The number of hydrogen-bond acceptors (Lipinski definition) is 0. The zero-order valence-corrected chi connectivity index (χ0v) is 59.8. The van der Waals surface area contributed by atoms with Crippen LogP contribution in [0.15, 0.2) is 376 Å². The summed E-state index contributed by atoms with van der Waals surface area (Å²) in [5.74, 6) is 0. The van der Waals surface area contributed by atoms with Crippen LogP contribution in [-0.2, 0) is 0 Å². The Morgan fingerprint density at radius 2 is 0.387 bits per heavy atom. The summed E-state index contributed by atoms with van der Waals surface area (Å²) in [6.45, 7) is 8.77. The van der Waals surface area contributed by atoms with Crippen LogP contribution in [0.4, 0.5) is 0 Å². The summed E-state index contributed by atoms with van der Waals surface area (Å²) in [6.07, 6.45) is 0. The van der Waals surface area contributed by atoms with E-state index >= 15 is 0 Å². The lowest BCUT2D eigenvalue weighted by Gasteiger charge is -2.20. The predicted molar refractivity (Wildman–Crippen MR) is 461 cm³/mol. The van der Waals surface area contributed by atoms with E-state index in [1.807, 2.05) is 0 Å². The highest BCUT2D eigenvalue weighted by Gasteiger charge is 2.24. The topological polar surface area (TPSA) is 0 Å². The predicted octanol–water partition coefficient (Wildman–Crippen LogP) is 30.1. The van der Waals surface area contributed by atoms with Crippen molar-refractivity contribution in [2.75, 3.05) is 0 Å². The average molecular weight is 1350 g/mol. The SMILES string of the molecule is Cc1ccc(-c2c3ccccc3c(-c3cc4ccccc4c4ccccc34)c3ccccc23)cc1C.Cc1cccc(-c2c3ccccc3c(-c3cc4ccccc4c4ccccc34)c3ccccc23)c1.Cc1ccccc1-c1c2ccccc2c(-c2cc3ccccc3c3ccccc23)c2ccccc12. The highest BCUT2D eigenvalue weighted by molar-refractivity contribution is 6.29. The van der Waals surface area contributed by atoms with Gasteiger partial charge < -0.3 is 0 Å². The molecule has 0 bridgehead atoms. The number of benzene rings is 21. The van der Waals surface area contributed by atoms with Crippen LogP contribution in [0.1, 0.15) is 22.3 Å². The van der Waals surface area contributed by atoms with Gasteiger partial charge in [-0.1, -0.05) is 363 Å². The third kappa shape index (κ3) is 10.7. The fraction of sp³-hybridized carbons (Fsp3) is 0.0377. The Morgan fingerprint density at radius 3 is 0.698 bits per heavy atom. The second-order valence-electron chi connectivity index (χ2n) is 28.6. The molecular weight excluding hydrogens is 1270 g/mol. The Balaban J connectivity index is 0.000000109. The zero-order chi connectivity index (χ0) is 70.9. The monoisotopic (exact) mass is 1350 g/mol. The summed E-state index contributed by atoms with van der Waals surface area (Å²) in [6, 6.07) is 138. The molecule has 0 aliphatic heterocycles. The minimum Gasteiger partial charge on any atom is -0.0620 e. The Kier molecular flexibility index (Phi) is 15.9. The van der Waals surface area contributed by atoms with Crippen molar-refractivity contribution < 1.29 is 0 Å². The normalized spacial score (nSPS) is 11.6. The molecule has 0 atom stereocenters. The van der Waals surface area contributed by atoms with Gasteiger partial charge in [0.1, 0.15) is 0 Å². The lowest BCUT2D eigenvalue weighted by molar-refractivity contribution is 1.34. The van der Waals surface area contributed by atoms with Crippen LogP contribution >= 0.6 is 0 Å². The van der Waals surface area contributed by atoms with E-state index in [1.165, 1.54) is 218 Å². The van der Waals surface area contributed by atoms with Crippen LogP contribution in [-0.4, -0.2) is 0 Å². The van der Waals surface area contributed by atoms with Crippen molar-refractivity contribution in [2.45, 2.75) is 27.7 Å². The first-order chi connectivity index (χ1) is 52.3. The second-order valence-corrected chi connectivity index (χ2v) is 28.6. The van der Waals surface area contributed by atoms with E-state index in [4.69, 9.17) is 0 Å². The summed E-state index contributed by atoms with van der Waals surface area (Å²) in [7, 11) is 0. The molecule has 21 rings (SSSR count). The van der Waals surface area contributed by atoms with Gasteiger partial charge in [0.05, 0.1) is 0 Å². The lowest BCUT2D eigenvalue weighted by atomic mass is 9.83. The Bertz CT molecular complexity index is 6950. The van der Waals surface area contributed by atoms with Gasteiger partial charge in [0, 0.05) is 0 Å². The molecule has 0 unspecified atom stereocenters. The van der Waals surface area contributed by atoms with Crippen LogP contribution in [0, 0.1) is 27.7 Å². The molecule has 0 heteroatoms. The van der Waals surface area contributed by atoms with Crippen LogP contribution in [0.3, 0.4) is 0 Å². The van der Waals surface area contributed by atoms with Gasteiger partial charge in [-0.05, 0) is 259 Å². The fourth-order valence-electron chi connectivity index (χ4n) is 17.5. The molecule has 0 fully saturated rings. The fourth-order valence-corrected chi connectivity index (χ4v) is 17.5. The minimum absolute atomic E-state index is 1.27. The van der Waals surface area contributed by atoms with Gasteiger partial charge in [-0.25, -0.2) is 0 Å². The van der Waals surface area contributed by atoms with E-state index in [-0.39, 0.29) is 0 Å². The van der Waals surface area contributed by atoms with E-state index in [0.717, 1.165) is 0 Å². The molecule has 0 saturated heterocycles. The maximum Gasteiger partial charge on any atom is -0.00199 e. The van der Waals surface area contributed by atoms with Crippen LogP contribution in [0.5, 0.6) is 0 Å². The minimum atomic E-state index is 1.27. The van der Waals surface area contributed by atoms with Gasteiger partial charge in [0.15, 0.2) is 0 Å². The molecule has 0 aliphatic carbocycles. The molecule has 0 nitrogen and oxygen atoms in total. The molecule has 498 valence electrons. The van der Waals surface area contributed by atoms with Gasteiger partial charge in [-0.15, -0.1) is 0 Å². The van der Waals surface area contributed by atoms with Gasteiger partial charge in [-0.3, -0.25) is 0 Å². The van der Waals surface area contributed by atoms with Crippen LogP contribution < -0.4 is 0 Å². The third-order valence-electron chi connectivity index (χ3n) is 22.4. The van der Waals surface area contributed by atoms with E-state index in [0.29, 0.717) is 0 Å². The van der Waals surface area contributed by atoms with Gasteiger partial charge in [-0.2, -0.15) is 0 Å². The maximum absolute atomic E-state index is 2.39. The second kappa shape index (κ2) is 26.5. The van der Waals surface area contributed by atoms with Gasteiger partial charge in [0.25, 0.3) is 0 Å². The maximum atomic E-state index is 2.39. The summed E-state index contributed by atoms with van der Waals surface area (Å²) < 4.78 is 0. The number of hydrogen-bond donors (Lipinski definition) is 0. The average Bonchev–Trinajstić information content (AvgIpc) is 0.733. The molecule has 0 amide bonds. The summed E-state index contributed by atoms with van der Waals surface area (Å²) >= 11 is 0. The molecule has 0 aromatic heterocycles. The largest absolute Gasteiger partial charge is 0.0620 e. The Labute approximate surface area is 618 Å². The van der Waals surface area contributed by atoms with Gasteiger partial charge in [0.2, 0.25) is 0 Å². The van der Waals surface area contributed by atoms with Crippen molar-refractivity contribution in [1.82, 2.24) is 0 Å². The van der Waals surface area contributed by atoms with Crippen molar-refractivity contribution in [2.24, 2.45) is 0 Å². The number of fused-ring (bicyclic) bond motifs is 15. The Hall–Kier alpha value is -13.3. The van der Waals surface area contributed by atoms with Crippen molar-refractivity contribution in [3.05, 3.63) is 398 Å². The molecule has 0 N–H and O–H groups in total. The van der Waals surface area contributed by atoms with Crippen molar-refractivity contribution >= 4 is 129 Å². The molecule has 21 aromatic rings. The molecule has 0 aliphatic rings. The summed E-state index contributed by atoms with van der Waals surface area (Å²) in [5.41, 5.74) is 20.9. The van der Waals surface area contributed by atoms with E-state index in [9.17, 15) is 0 Å². The first-order valence-corrected chi connectivity index (χ1v) is 37.0. The molecule has 0 saturated carbocycles. The quantitative estimate of drug-likeness (QED) is 0.115. The van der Waals surface area contributed by atoms with Crippen LogP contribution in [0.25, 0.3) is 196 Å². The molecule has 106 heavy (non-hydrogen) atoms. The first kappa shape index (κ1) is 63.6. The molecular formula is C106H74. The molecule has 0 spiro atoms. The molecule has 0 radical (unpaired) electrons. The third-order valence-corrected chi connectivity index (χ3v) is 22.4. The smallest absolute Gasteiger partial charge is 0.00199 e. The number of aryl methyl sites for hydroxylation is 4. The van der Waals surface area contributed by atoms with Crippen LogP contribution in [0.2, 0.25) is 0 Å². The van der Waals surface area contributed by atoms with E-state index < -0.39 is 0 Å². The van der Waals surface area contributed by atoms with E-state index in [2.05, 4.69) is 404 Å². The van der Waals surface area contributed by atoms with Crippen molar-refractivity contribution in [1.29, 1.82) is 0 Å². The highest BCUT2D eigenvalue weighted by Crippen LogP contribution is 2.51. The first-order valence-electron chi connectivity index (χ1n) is 37.0. The Morgan fingerprint density at radius 1 is 0.132 bits per heavy atom. The standard InChI is InChI=1S/C36H26.2C35H24/c1-23-19-20-26(21-24(23)2)35-30-15-7-9-17-32(30)36(33-18-10-8-16-31(33)35)34-22-25-11-3-4-12-27(25)28-13-5-6-14-29(28)34;1-23-12-2-4-14-25(23)34-29-18-8-10-20-31(29)35(32-21-11-9-19-30(32)34)33-22-24-13-3-5-15-26(24)27-16-6-7-17-28(27)33;1-23-11-10-13-25(21-23)34-29-17-6-8-19-31(29)35(32-20-9-7-18-30(32)34)33-22-24-12-2-3-14-26(24)27-15-4-5-16-28(27)33/h3-22H,1-2H3;2*2-22H,1H3. The summed E-state index contributed by atoms with van der Waals surface area (Å²) in [5, 5.41) is 31.1. The lowest BCUT2D eigenvalue weighted by Crippen LogP contribution is -1.93. The van der Waals surface area contributed by atoms with E-state index in [1.54, 1.807) is 0 Å². The number of rotatable bonds is 6.